The van der Waals surface area contributed by atoms with Crippen molar-refractivity contribution in [2.75, 3.05) is 105 Å². The van der Waals surface area contributed by atoms with Crippen LogP contribution in [0.4, 0.5) is 0 Å². The Bertz CT molecular complexity index is 1210. The van der Waals surface area contributed by atoms with Gasteiger partial charge in [0.1, 0.15) is 0 Å². The first-order valence-corrected chi connectivity index (χ1v) is 28.2. The van der Waals surface area contributed by atoms with Gasteiger partial charge in [0.05, 0.1) is 52.1 Å². The summed E-state index contributed by atoms with van der Waals surface area (Å²) in [5.41, 5.74) is 0. The van der Waals surface area contributed by atoms with Gasteiger partial charge in [0, 0.05) is 26.2 Å². The molecule has 4 saturated heterocycles. The fraction of sp³-hybridized carbons (Fsp3) is 0.927. The van der Waals surface area contributed by atoms with Crippen LogP contribution in [0.5, 0.6) is 0 Å². The highest BCUT2D eigenvalue weighted by atomic mass is 16.5. The number of hydrogen-bond donors (Lipinski definition) is 0. The number of likely N-dealkylation sites (tertiary alicyclic amines) is 4. The monoisotopic (exact) mass is 947 g/mol. The van der Waals surface area contributed by atoms with Crippen LogP contribution in [0.3, 0.4) is 0 Å². The van der Waals surface area contributed by atoms with Crippen LogP contribution >= 0.6 is 0 Å². The molecule has 0 unspecified atom stereocenters. The second kappa shape index (κ2) is 38.5. The third-order valence-corrected chi connectivity index (χ3v) is 15.0. The Labute approximate surface area is 410 Å². The number of carbonyl (C=O) groups is 4. The molecule has 0 radical (unpaired) electrons. The van der Waals surface area contributed by atoms with Crippen molar-refractivity contribution in [1.29, 1.82) is 0 Å². The molecule has 0 bridgehead atoms. The summed E-state index contributed by atoms with van der Waals surface area (Å²) in [5.74, 6) is 3.28. The molecule has 12 nitrogen and oxygen atoms in total. The smallest absolute Gasteiger partial charge is 0.307 e. The van der Waals surface area contributed by atoms with Crippen molar-refractivity contribution in [3.05, 3.63) is 0 Å². The summed E-state index contributed by atoms with van der Waals surface area (Å²) in [6.07, 6.45) is 30.1. The summed E-state index contributed by atoms with van der Waals surface area (Å²) in [6, 6.07) is 0. The number of esters is 4. The van der Waals surface area contributed by atoms with Crippen LogP contribution in [0.1, 0.15) is 201 Å². The van der Waals surface area contributed by atoms with Gasteiger partial charge in [-0.05, 0) is 153 Å². The number of hydrogen-bond acceptors (Lipinski definition) is 12. The molecule has 390 valence electrons. The van der Waals surface area contributed by atoms with Crippen LogP contribution < -0.4 is 0 Å². The first kappa shape index (κ1) is 59.0. The fourth-order valence-electron chi connectivity index (χ4n) is 10.4. The molecule has 12 heteroatoms. The van der Waals surface area contributed by atoms with E-state index in [1.165, 1.54) is 103 Å². The first-order valence-electron chi connectivity index (χ1n) is 28.2. The molecule has 0 aromatic rings. The van der Waals surface area contributed by atoms with E-state index >= 15 is 0 Å². The van der Waals surface area contributed by atoms with E-state index in [2.05, 4.69) is 33.4 Å². The zero-order valence-electron chi connectivity index (χ0n) is 43.8. The average Bonchev–Trinajstić information content (AvgIpc) is 3.35. The van der Waals surface area contributed by atoms with Crippen LogP contribution in [0, 0.1) is 23.7 Å². The molecular formula is C55H102N4O8. The topological polar surface area (TPSA) is 118 Å². The Morgan fingerprint density at radius 1 is 0.328 bits per heavy atom. The fourth-order valence-corrected chi connectivity index (χ4v) is 10.4. The normalized spacial score (nSPS) is 18.9. The van der Waals surface area contributed by atoms with E-state index in [9.17, 15) is 19.2 Å². The van der Waals surface area contributed by atoms with Gasteiger partial charge in [-0.15, -0.1) is 0 Å². The lowest BCUT2D eigenvalue weighted by Crippen LogP contribution is -2.36. The predicted molar refractivity (Wildman–Crippen MR) is 271 cm³/mol. The first-order chi connectivity index (χ1) is 32.7. The largest absolute Gasteiger partial charge is 0.466 e. The van der Waals surface area contributed by atoms with Gasteiger partial charge in [-0.1, -0.05) is 98.3 Å². The molecule has 0 N–H and O–H groups in total. The number of carbonyl (C=O) groups excluding carboxylic acids is 4. The molecule has 0 amide bonds. The zero-order chi connectivity index (χ0) is 48.2. The van der Waals surface area contributed by atoms with Gasteiger partial charge < -0.3 is 38.5 Å². The Kier molecular flexibility index (Phi) is 33.9. The van der Waals surface area contributed by atoms with Gasteiger partial charge in [0.25, 0.3) is 0 Å². The Morgan fingerprint density at radius 3 is 0.851 bits per heavy atom. The third-order valence-electron chi connectivity index (χ3n) is 15.0. The van der Waals surface area contributed by atoms with Gasteiger partial charge >= 0.3 is 23.9 Å². The standard InChI is InChI=1S/C30H56N2O4.C25H46N2O4/c1-3-5-7-9-26-36-30(34)18-24-32-21-15-28(16-22-32)12-10-11-27-13-19-31(20-14-27)23-17-29(33)35-25-8-6-4-2;1-3-20-30-24(28)12-18-26-14-8-22(9-15-26)6-5-7-23-10-16-27(17-11-23)19-13-25(29)31-21-4-2/h27-28H,3-26H2,1-2H3;22-23H,3-21H2,1-2H3. The molecule has 4 aliphatic heterocycles. The SMILES string of the molecule is CCCCCCOC(=O)CCN1CCC(CCCC2CCN(CCC(=O)OCCCCC)CC2)CC1.CCCOC(=O)CCN1CCC(CCCC2CCN(CCC(=O)OCCC)CC2)CC1. The van der Waals surface area contributed by atoms with Gasteiger partial charge in [0.15, 0.2) is 0 Å². The van der Waals surface area contributed by atoms with E-state index in [0.29, 0.717) is 52.1 Å². The lowest BCUT2D eigenvalue weighted by Gasteiger charge is -2.33. The second-order valence-corrected chi connectivity index (χ2v) is 20.7. The predicted octanol–water partition coefficient (Wildman–Crippen LogP) is 10.5. The molecule has 4 fully saturated rings. The number of ether oxygens (including phenoxy) is 4. The molecule has 0 spiro atoms. The number of piperidine rings is 4. The average molecular weight is 947 g/mol. The van der Waals surface area contributed by atoms with Crippen LogP contribution in [0.2, 0.25) is 0 Å². The Balaban J connectivity index is 0.000000359. The van der Waals surface area contributed by atoms with Crippen molar-refractivity contribution in [1.82, 2.24) is 19.6 Å². The Hall–Kier alpha value is -2.28. The summed E-state index contributed by atoms with van der Waals surface area (Å²) in [7, 11) is 0. The van der Waals surface area contributed by atoms with Crippen LogP contribution in [0.25, 0.3) is 0 Å². The van der Waals surface area contributed by atoms with Gasteiger partial charge in [0.2, 0.25) is 0 Å². The molecule has 4 aliphatic rings. The highest BCUT2D eigenvalue weighted by Crippen LogP contribution is 2.29. The van der Waals surface area contributed by atoms with Crippen LogP contribution in [0.15, 0.2) is 0 Å². The van der Waals surface area contributed by atoms with Crippen molar-refractivity contribution < 1.29 is 38.1 Å². The second-order valence-electron chi connectivity index (χ2n) is 20.7. The molecule has 67 heavy (non-hydrogen) atoms. The number of unbranched alkanes of at least 4 members (excludes halogenated alkanes) is 5. The van der Waals surface area contributed by atoms with Crippen molar-refractivity contribution in [3.63, 3.8) is 0 Å². The van der Waals surface area contributed by atoms with Gasteiger partial charge in [-0.2, -0.15) is 0 Å². The highest BCUT2D eigenvalue weighted by Gasteiger charge is 2.25. The van der Waals surface area contributed by atoms with Gasteiger partial charge in [-0.25, -0.2) is 0 Å². The summed E-state index contributed by atoms with van der Waals surface area (Å²) in [5, 5.41) is 0. The summed E-state index contributed by atoms with van der Waals surface area (Å²) in [4.78, 5) is 56.9. The molecule has 0 aromatic heterocycles. The summed E-state index contributed by atoms with van der Waals surface area (Å²) >= 11 is 0. The minimum Gasteiger partial charge on any atom is -0.466 e. The molecule has 0 aromatic carbocycles. The molecule has 4 heterocycles. The van der Waals surface area contributed by atoms with E-state index < -0.39 is 0 Å². The van der Waals surface area contributed by atoms with E-state index in [-0.39, 0.29) is 23.9 Å². The zero-order valence-corrected chi connectivity index (χ0v) is 43.8. The minimum atomic E-state index is -0.0496. The molecule has 0 atom stereocenters. The molecular weight excluding hydrogens is 845 g/mol. The number of nitrogens with zero attached hydrogens (tertiary/aromatic N) is 4. The van der Waals surface area contributed by atoms with Crippen LogP contribution in [-0.4, -0.2) is 148 Å². The summed E-state index contributed by atoms with van der Waals surface area (Å²) < 4.78 is 21.0. The summed E-state index contributed by atoms with van der Waals surface area (Å²) in [6.45, 7) is 23.1. The van der Waals surface area contributed by atoms with Crippen LogP contribution in [-0.2, 0) is 38.1 Å². The molecule has 4 rings (SSSR count). The maximum absolute atomic E-state index is 11.9. The minimum absolute atomic E-state index is 0.0259. The lowest BCUT2D eigenvalue weighted by molar-refractivity contribution is -0.145. The maximum atomic E-state index is 11.9. The van der Waals surface area contributed by atoms with Crippen molar-refractivity contribution in [2.24, 2.45) is 23.7 Å². The van der Waals surface area contributed by atoms with E-state index in [1.807, 2.05) is 13.8 Å². The molecule has 0 aliphatic carbocycles. The maximum Gasteiger partial charge on any atom is 0.307 e. The Morgan fingerprint density at radius 2 is 0.582 bits per heavy atom. The molecule has 0 saturated carbocycles. The van der Waals surface area contributed by atoms with E-state index in [4.69, 9.17) is 18.9 Å². The van der Waals surface area contributed by atoms with Gasteiger partial charge in [-0.3, -0.25) is 19.2 Å². The quantitative estimate of drug-likeness (QED) is 0.0354. The van der Waals surface area contributed by atoms with Crippen molar-refractivity contribution >= 4 is 23.9 Å². The van der Waals surface area contributed by atoms with Crippen molar-refractivity contribution in [3.8, 4) is 0 Å². The number of rotatable bonds is 33. The van der Waals surface area contributed by atoms with Crippen molar-refractivity contribution in [2.45, 2.75) is 201 Å². The van der Waals surface area contributed by atoms with E-state index in [1.54, 1.807) is 0 Å². The van der Waals surface area contributed by atoms with E-state index in [0.717, 1.165) is 147 Å². The third kappa shape index (κ3) is 29.5. The highest BCUT2D eigenvalue weighted by molar-refractivity contribution is 5.70. The lowest BCUT2D eigenvalue weighted by atomic mass is 9.87.